The zero-order valence-electron chi connectivity index (χ0n) is 17.8. The summed E-state index contributed by atoms with van der Waals surface area (Å²) in [5.41, 5.74) is 2.86. The van der Waals surface area contributed by atoms with Crippen molar-refractivity contribution < 1.29 is 17.7 Å². The minimum atomic E-state index is -0.543. The van der Waals surface area contributed by atoms with Crippen LogP contribution in [0, 0.1) is 17.5 Å². The van der Waals surface area contributed by atoms with Crippen molar-refractivity contribution in [2.75, 3.05) is 4.90 Å². The van der Waals surface area contributed by atoms with Crippen molar-refractivity contribution in [1.29, 1.82) is 0 Å². The molecule has 1 aliphatic rings. The number of benzene rings is 3. The highest BCUT2D eigenvalue weighted by atomic mass is 32.1. The number of nitrogens with one attached hydrogen (secondary N) is 1. The monoisotopic (exact) mass is 478 g/mol. The largest absolute Gasteiger partial charge is 0.351 e. The summed E-state index contributed by atoms with van der Waals surface area (Å²) < 4.78 is 46.9. The highest BCUT2D eigenvalue weighted by molar-refractivity contribution is 7.80. The first kappa shape index (κ1) is 21.8. The van der Waals surface area contributed by atoms with Gasteiger partial charge in [0.15, 0.2) is 5.11 Å². The van der Waals surface area contributed by atoms with E-state index >= 15 is 0 Å². The van der Waals surface area contributed by atoms with Crippen LogP contribution in [0.5, 0.6) is 0 Å². The summed E-state index contributed by atoms with van der Waals surface area (Å²) in [7, 11) is 0. The molecule has 4 aromatic rings. The Hall–Kier alpha value is -3.98. The number of rotatable bonds is 4. The predicted molar refractivity (Wildman–Crippen MR) is 126 cm³/mol. The van der Waals surface area contributed by atoms with Crippen molar-refractivity contribution in [3.63, 3.8) is 0 Å². The molecular formula is C25H17F3N4OS. The van der Waals surface area contributed by atoms with Gasteiger partial charge in [-0.25, -0.2) is 13.2 Å². The van der Waals surface area contributed by atoms with Crippen LogP contribution in [0.1, 0.15) is 24.4 Å². The van der Waals surface area contributed by atoms with Gasteiger partial charge in [-0.05, 0) is 67.2 Å². The summed E-state index contributed by atoms with van der Waals surface area (Å²) in [6.07, 6.45) is 0. The summed E-state index contributed by atoms with van der Waals surface area (Å²) in [6, 6.07) is 17.3. The molecule has 1 N–H and O–H groups in total. The zero-order valence-corrected chi connectivity index (χ0v) is 18.6. The normalized spacial score (nSPS) is 16.1. The summed E-state index contributed by atoms with van der Waals surface area (Å²) in [5.74, 6) is -0.843. The molecule has 0 spiro atoms. The molecule has 1 atom stereocenters. The maximum Gasteiger partial charge on any atom is 0.258 e. The molecule has 1 aliphatic heterocycles. The SMILES string of the molecule is CC1=C(c2nc(-c3cccc(F)c3)no2)C(c2ccc(F)cc2)NC(=S)N1c1cccc(F)c1. The fourth-order valence-electron chi connectivity index (χ4n) is 3.93. The number of aromatic nitrogens is 2. The summed E-state index contributed by atoms with van der Waals surface area (Å²) in [4.78, 5) is 6.17. The standard InChI is InChI=1S/C25H17F3N4OS/c1-14-21(24-30-23(31-33-24)16-4-2-5-18(27)12-16)22(15-8-10-17(26)11-9-15)29-25(34)32(14)20-7-3-6-19(28)13-20/h2-13,22H,1H3,(H,29,34). The molecule has 0 aliphatic carbocycles. The van der Waals surface area contributed by atoms with Gasteiger partial charge in [-0.2, -0.15) is 4.98 Å². The quantitative estimate of drug-likeness (QED) is 0.362. The lowest BCUT2D eigenvalue weighted by Crippen LogP contribution is -2.46. The third-order valence-corrected chi connectivity index (χ3v) is 5.79. The Balaban J connectivity index is 1.66. The van der Waals surface area contributed by atoms with E-state index in [1.165, 1.54) is 36.4 Å². The molecule has 5 nitrogen and oxygen atoms in total. The number of thiocarbonyl (C=S) groups is 1. The van der Waals surface area contributed by atoms with Crippen molar-refractivity contribution in [2.24, 2.45) is 0 Å². The molecule has 0 radical (unpaired) electrons. The number of hydrogen-bond donors (Lipinski definition) is 1. The summed E-state index contributed by atoms with van der Waals surface area (Å²) in [5, 5.41) is 7.57. The van der Waals surface area contributed by atoms with E-state index in [1.807, 2.05) is 0 Å². The lowest BCUT2D eigenvalue weighted by Gasteiger charge is -2.37. The van der Waals surface area contributed by atoms with Gasteiger partial charge in [0.1, 0.15) is 17.5 Å². The van der Waals surface area contributed by atoms with Gasteiger partial charge < -0.3 is 9.84 Å². The van der Waals surface area contributed by atoms with E-state index in [2.05, 4.69) is 15.5 Å². The maximum absolute atomic E-state index is 14.0. The first-order valence-corrected chi connectivity index (χ1v) is 10.7. The van der Waals surface area contributed by atoms with Crippen LogP contribution in [0.15, 0.2) is 83.0 Å². The smallest absolute Gasteiger partial charge is 0.258 e. The van der Waals surface area contributed by atoms with Crippen LogP contribution in [0.4, 0.5) is 18.9 Å². The second kappa shape index (κ2) is 8.75. The van der Waals surface area contributed by atoms with E-state index in [-0.39, 0.29) is 17.5 Å². The molecule has 1 aromatic heterocycles. The molecule has 170 valence electrons. The summed E-state index contributed by atoms with van der Waals surface area (Å²) >= 11 is 5.61. The Morgan fingerprint density at radius 3 is 2.32 bits per heavy atom. The van der Waals surface area contributed by atoms with E-state index in [1.54, 1.807) is 48.2 Å². The van der Waals surface area contributed by atoms with Gasteiger partial charge in [-0.1, -0.05) is 35.5 Å². The van der Waals surface area contributed by atoms with Gasteiger partial charge in [0.05, 0.1) is 17.3 Å². The number of hydrogen-bond acceptors (Lipinski definition) is 4. The van der Waals surface area contributed by atoms with E-state index in [4.69, 9.17) is 16.7 Å². The van der Waals surface area contributed by atoms with Crippen molar-refractivity contribution in [3.05, 3.63) is 107 Å². The molecule has 9 heteroatoms. The Morgan fingerprint density at radius 2 is 1.62 bits per heavy atom. The molecule has 0 amide bonds. The molecule has 0 fully saturated rings. The van der Waals surface area contributed by atoms with Gasteiger partial charge in [0.2, 0.25) is 5.82 Å². The van der Waals surface area contributed by atoms with Gasteiger partial charge in [-0.3, -0.25) is 4.90 Å². The maximum atomic E-state index is 14.0. The van der Waals surface area contributed by atoms with Crippen LogP contribution in [0.25, 0.3) is 17.0 Å². The molecule has 3 aromatic carbocycles. The van der Waals surface area contributed by atoms with E-state index in [0.29, 0.717) is 33.2 Å². The van der Waals surface area contributed by atoms with Gasteiger partial charge >= 0.3 is 0 Å². The third kappa shape index (κ3) is 4.06. The average Bonchev–Trinajstić information content (AvgIpc) is 3.29. The Kier molecular flexibility index (Phi) is 5.62. The van der Waals surface area contributed by atoms with Gasteiger partial charge in [-0.15, -0.1) is 0 Å². The van der Waals surface area contributed by atoms with Crippen LogP contribution in [0.2, 0.25) is 0 Å². The molecule has 5 rings (SSSR count). The summed E-state index contributed by atoms with van der Waals surface area (Å²) in [6.45, 7) is 1.80. The van der Waals surface area contributed by atoms with Crippen LogP contribution in [0.3, 0.4) is 0 Å². The lowest BCUT2D eigenvalue weighted by molar-refractivity contribution is 0.404. The second-order valence-electron chi connectivity index (χ2n) is 7.68. The number of allylic oxidation sites excluding steroid dienone is 1. The highest BCUT2D eigenvalue weighted by Gasteiger charge is 2.35. The average molecular weight is 478 g/mol. The van der Waals surface area contributed by atoms with Gasteiger partial charge in [0.25, 0.3) is 5.89 Å². The number of halogens is 3. The highest BCUT2D eigenvalue weighted by Crippen LogP contribution is 2.39. The molecular weight excluding hydrogens is 461 g/mol. The third-order valence-electron chi connectivity index (χ3n) is 5.49. The lowest BCUT2D eigenvalue weighted by atomic mass is 9.94. The van der Waals surface area contributed by atoms with E-state index in [9.17, 15) is 13.2 Å². The second-order valence-corrected chi connectivity index (χ2v) is 8.07. The molecule has 34 heavy (non-hydrogen) atoms. The Morgan fingerprint density at radius 1 is 0.912 bits per heavy atom. The van der Waals surface area contributed by atoms with Crippen molar-refractivity contribution in [2.45, 2.75) is 13.0 Å². The zero-order chi connectivity index (χ0) is 23.8. The van der Waals surface area contributed by atoms with Gasteiger partial charge in [0, 0.05) is 11.3 Å². The van der Waals surface area contributed by atoms with Crippen LogP contribution in [-0.2, 0) is 0 Å². The first-order valence-electron chi connectivity index (χ1n) is 10.3. The van der Waals surface area contributed by atoms with Crippen LogP contribution in [-0.4, -0.2) is 15.3 Å². The minimum absolute atomic E-state index is 0.169. The number of nitrogens with zero attached hydrogens (tertiary/aromatic N) is 3. The van der Waals surface area contributed by atoms with Crippen LogP contribution < -0.4 is 10.2 Å². The van der Waals surface area contributed by atoms with E-state index < -0.39 is 17.7 Å². The molecule has 0 bridgehead atoms. The number of anilines is 1. The van der Waals surface area contributed by atoms with Crippen molar-refractivity contribution in [1.82, 2.24) is 15.5 Å². The van der Waals surface area contributed by atoms with E-state index in [0.717, 1.165) is 0 Å². The molecule has 1 unspecified atom stereocenters. The molecule has 0 saturated carbocycles. The fourth-order valence-corrected chi connectivity index (χ4v) is 4.29. The fraction of sp³-hybridized carbons (Fsp3) is 0.0800. The Bertz CT molecular complexity index is 1420. The van der Waals surface area contributed by atoms with Crippen LogP contribution >= 0.6 is 12.2 Å². The molecule has 0 saturated heterocycles. The van der Waals surface area contributed by atoms with Crippen molar-refractivity contribution >= 4 is 28.6 Å². The molecule has 2 heterocycles. The topological polar surface area (TPSA) is 54.2 Å². The first-order chi connectivity index (χ1) is 16.4. The predicted octanol–water partition coefficient (Wildman–Crippen LogP) is 6.02. The Labute approximate surface area is 198 Å². The minimum Gasteiger partial charge on any atom is -0.351 e. The van der Waals surface area contributed by atoms with Crippen molar-refractivity contribution in [3.8, 4) is 11.4 Å².